The van der Waals surface area contributed by atoms with Crippen molar-refractivity contribution in [3.05, 3.63) is 95.1 Å². The highest BCUT2D eigenvalue weighted by Gasteiger charge is 2.38. The third-order valence-electron chi connectivity index (χ3n) is 6.32. The fourth-order valence-corrected chi connectivity index (χ4v) is 4.67. The van der Waals surface area contributed by atoms with Crippen LogP contribution in [0.1, 0.15) is 62.4 Å². The van der Waals surface area contributed by atoms with E-state index in [1.165, 1.54) is 44.9 Å². The molecule has 0 N–H and O–H groups in total. The van der Waals surface area contributed by atoms with Crippen molar-refractivity contribution in [2.75, 3.05) is 4.90 Å². The van der Waals surface area contributed by atoms with Gasteiger partial charge in [0.1, 0.15) is 0 Å². The number of nitrogens with zero attached hydrogens (tertiary/aromatic N) is 1. The molecule has 1 heterocycles. The maximum absolute atomic E-state index is 4.14. The Labute approximate surface area is 175 Å². The highest BCUT2D eigenvalue weighted by molar-refractivity contribution is 5.88. The lowest BCUT2D eigenvalue weighted by atomic mass is 9.71. The number of anilines is 3. The fraction of sp³-hybridized carbons (Fsp3) is 0.286. The molecule has 0 saturated heterocycles. The van der Waals surface area contributed by atoms with Crippen LogP contribution in [0, 0.1) is 6.92 Å². The van der Waals surface area contributed by atoms with Crippen LogP contribution in [-0.2, 0) is 10.8 Å². The topological polar surface area (TPSA) is 3.24 Å². The molecule has 0 atom stereocenters. The average Bonchev–Trinajstić information content (AvgIpc) is 2.68. The van der Waals surface area contributed by atoms with Gasteiger partial charge in [0.15, 0.2) is 0 Å². The third-order valence-corrected chi connectivity index (χ3v) is 6.32. The van der Waals surface area contributed by atoms with Crippen LogP contribution in [0.5, 0.6) is 0 Å². The van der Waals surface area contributed by atoms with E-state index < -0.39 is 0 Å². The van der Waals surface area contributed by atoms with Crippen LogP contribution in [0.2, 0.25) is 0 Å². The van der Waals surface area contributed by atoms with E-state index in [4.69, 9.17) is 0 Å². The Hall–Kier alpha value is -2.80. The van der Waals surface area contributed by atoms with E-state index >= 15 is 0 Å². The van der Waals surface area contributed by atoms with E-state index in [9.17, 15) is 0 Å². The van der Waals surface area contributed by atoms with Gasteiger partial charge >= 0.3 is 0 Å². The zero-order valence-corrected chi connectivity index (χ0v) is 18.5. The molecule has 29 heavy (non-hydrogen) atoms. The summed E-state index contributed by atoms with van der Waals surface area (Å²) < 4.78 is 0. The molecule has 1 aliphatic heterocycles. The Kier molecular flexibility index (Phi) is 4.46. The lowest BCUT2D eigenvalue weighted by Gasteiger charge is -2.43. The molecule has 0 unspecified atom stereocenters. The van der Waals surface area contributed by atoms with E-state index in [2.05, 4.69) is 114 Å². The molecule has 3 aromatic rings. The quantitative estimate of drug-likeness (QED) is 0.434. The lowest BCUT2D eigenvalue weighted by molar-refractivity contribution is 0.590. The SMILES string of the molecule is C=Cc1c(C)ccc2c1C(C)(C)c1ccccc1N2c1ccc(C(C)(C)C)cc1. The summed E-state index contributed by atoms with van der Waals surface area (Å²) in [6.45, 7) is 17.8. The van der Waals surface area contributed by atoms with Gasteiger partial charge in [-0.1, -0.05) is 83.7 Å². The normalized spacial score (nSPS) is 14.9. The van der Waals surface area contributed by atoms with Gasteiger partial charge in [-0.15, -0.1) is 0 Å². The number of hydrogen-bond donors (Lipinski definition) is 0. The summed E-state index contributed by atoms with van der Waals surface area (Å²) in [6.07, 6.45) is 2.02. The van der Waals surface area contributed by atoms with Crippen molar-refractivity contribution < 1.29 is 0 Å². The molecule has 4 rings (SSSR count). The monoisotopic (exact) mass is 381 g/mol. The van der Waals surface area contributed by atoms with Gasteiger partial charge in [-0.2, -0.15) is 0 Å². The zero-order chi connectivity index (χ0) is 21.0. The van der Waals surface area contributed by atoms with Gasteiger partial charge in [-0.3, -0.25) is 0 Å². The first kappa shape index (κ1) is 19.5. The van der Waals surface area contributed by atoms with Gasteiger partial charge in [0, 0.05) is 11.1 Å². The number of fused-ring (bicyclic) bond motifs is 2. The van der Waals surface area contributed by atoms with Crippen LogP contribution < -0.4 is 4.90 Å². The zero-order valence-electron chi connectivity index (χ0n) is 18.5. The van der Waals surface area contributed by atoms with E-state index in [1.807, 2.05) is 6.08 Å². The first-order valence-corrected chi connectivity index (χ1v) is 10.4. The molecule has 0 fully saturated rings. The average molecular weight is 382 g/mol. The van der Waals surface area contributed by atoms with Crippen molar-refractivity contribution in [2.45, 2.75) is 52.4 Å². The second-order valence-electron chi connectivity index (χ2n) is 9.67. The van der Waals surface area contributed by atoms with Gasteiger partial charge in [0.2, 0.25) is 0 Å². The number of aryl methyl sites for hydroxylation is 1. The summed E-state index contributed by atoms with van der Waals surface area (Å²) in [7, 11) is 0. The summed E-state index contributed by atoms with van der Waals surface area (Å²) in [6, 6.07) is 22.3. The van der Waals surface area contributed by atoms with Crippen LogP contribution in [0.25, 0.3) is 6.08 Å². The van der Waals surface area contributed by atoms with Gasteiger partial charge in [-0.05, 0) is 64.4 Å². The number of benzene rings is 3. The Balaban J connectivity index is 2.01. The van der Waals surface area contributed by atoms with Gasteiger partial charge in [-0.25, -0.2) is 0 Å². The molecular weight excluding hydrogens is 350 g/mol. The maximum atomic E-state index is 4.14. The van der Waals surface area contributed by atoms with Crippen LogP contribution in [-0.4, -0.2) is 0 Å². The third kappa shape index (κ3) is 3.00. The maximum Gasteiger partial charge on any atom is 0.0508 e. The Bertz CT molecular complexity index is 1080. The lowest BCUT2D eigenvalue weighted by Crippen LogP contribution is -2.31. The molecule has 1 aliphatic rings. The number of hydrogen-bond acceptors (Lipinski definition) is 1. The van der Waals surface area contributed by atoms with Crippen LogP contribution in [0.15, 0.2) is 67.2 Å². The van der Waals surface area contributed by atoms with Gasteiger partial charge in [0.25, 0.3) is 0 Å². The minimum Gasteiger partial charge on any atom is -0.310 e. The Morgan fingerprint density at radius 1 is 0.862 bits per heavy atom. The van der Waals surface area contributed by atoms with Crippen molar-refractivity contribution in [3.63, 3.8) is 0 Å². The van der Waals surface area contributed by atoms with E-state index in [1.54, 1.807) is 0 Å². The molecule has 0 aromatic heterocycles. The van der Waals surface area contributed by atoms with Gasteiger partial charge < -0.3 is 4.90 Å². The van der Waals surface area contributed by atoms with Crippen molar-refractivity contribution in [3.8, 4) is 0 Å². The standard InChI is InChI=1S/C28H31N/c1-8-22-19(2)13-18-25-26(22)28(6,7)23-11-9-10-12-24(23)29(25)21-16-14-20(15-17-21)27(3,4)5/h8-18H,1H2,2-7H3. The first-order chi connectivity index (χ1) is 13.7. The Morgan fingerprint density at radius 3 is 2.14 bits per heavy atom. The number of para-hydroxylation sites is 1. The predicted molar refractivity (Wildman–Crippen MR) is 127 cm³/mol. The molecule has 3 aromatic carbocycles. The molecule has 148 valence electrons. The Morgan fingerprint density at radius 2 is 1.52 bits per heavy atom. The highest BCUT2D eigenvalue weighted by Crippen LogP contribution is 2.53. The second-order valence-corrected chi connectivity index (χ2v) is 9.67. The minimum atomic E-state index is -0.0939. The molecule has 0 spiro atoms. The van der Waals surface area contributed by atoms with E-state index in [0.29, 0.717) is 0 Å². The van der Waals surface area contributed by atoms with Crippen molar-refractivity contribution in [2.24, 2.45) is 0 Å². The smallest absolute Gasteiger partial charge is 0.0508 e. The molecule has 0 amide bonds. The van der Waals surface area contributed by atoms with E-state index in [-0.39, 0.29) is 10.8 Å². The molecule has 0 radical (unpaired) electrons. The van der Waals surface area contributed by atoms with Crippen LogP contribution in [0.3, 0.4) is 0 Å². The van der Waals surface area contributed by atoms with Crippen molar-refractivity contribution in [1.29, 1.82) is 0 Å². The summed E-state index contributed by atoms with van der Waals surface area (Å²) in [5.41, 5.74) is 10.3. The number of rotatable bonds is 2. The summed E-state index contributed by atoms with van der Waals surface area (Å²) in [5.74, 6) is 0. The second kappa shape index (κ2) is 6.62. The van der Waals surface area contributed by atoms with Gasteiger partial charge in [0.05, 0.1) is 11.4 Å². The van der Waals surface area contributed by atoms with E-state index in [0.717, 1.165) is 0 Å². The van der Waals surface area contributed by atoms with Crippen LogP contribution in [0.4, 0.5) is 17.1 Å². The highest BCUT2D eigenvalue weighted by atomic mass is 15.2. The largest absolute Gasteiger partial charge is 0.310 e. The van der Waals surface area contributed by atoms with Crippen LogP contribution >= 0.6 is 0 Å². The molecule has 0 bridgehead atoms. The minimum absolute atomic E-state index is 0.0939. The summed E-state index contributed by atoms with van der Waals surface area (Å²) >= 11 is 0. The van der Waals surface area contributed by atoms with Crippen molar-refractivity contribution in [1.82, 2.24) is 0 Å². The van der Waals surface area contributed by atoms with Crippen molar-refractivity contribution >= 4 is 23.1 Å². The summed E-state index contributed by atoms with van der Waals surface area (Å²) in [5, 5.41) is 0. The molecule has 1 nitrogen and oxygen atoms in total. The summed E-state index contributed by atoms with van der Waals surface area (Å²) in [4.78, 5) is 2.41. The fourth-order valence-electron chi connectivity index (χ4n) is 4.67. The predicted octanol–water partition coefficient (Wildman–Crippen LogP) is 8.04. The molecule has 1 heteroatoms. The molecule has 0 saturated carbocycles. The molecule has 0 aliphatic carbocycles. The molecular formula is C28H31N. The first-order valence-electron chi connectivity index (χ1n) is 10.4.